The van der Waals surface area contributed by atoms with Gasteiger partial charge in [-0.15, -0.1) is 0 Å². The number of aromatic nitrogens is 2. The van der Waals surface area contributed by atoms with Gasteiger partial charge in [0.1, 0.15) is 5.75 Å². The Balaban J connectivity index is 1.22. The third kappa shape index (κ3) is 6.02. The Morgan fingerprint density at radius 2 is 1.79 bits per heavy atom. The van der Waals surface area contributed by atoms with Crippen molar-refractivity contribution in [1.82, 2.24) is 19.8 Å². The fourth-order valence-electron chi connectivity index (χ4n) is 3.88. The minimum absolute atomic E-state index is 0.198. The van der Waals surface area contributed by atoms with E-state index < -0.39 is 12.0 Å². The Morgan fingerprint density at radius 3 is 2.45 bits per heavy atom. The highest BCUT2D eigenvalue weighted by Crippen LogP contribution is 2.29. The third-order valence-electron chi connectivity index (χ3n) is 5.74. The number of imidazole rings is 1. The van der Waals surface area contributed by atoms with E-state index in [9.17, 15) is 18.0 Å². The van der Waals surface area contributed by atoms with Gasteiger partial charge < -0.3 is 19.9 Å². The number of carbonyl (C=O) groups excluding carboxylic acids is 1. The number of aromatic amines is 1. The second-order valence-corrected chi connectivity index (χ2v) is 8.08. The van der Waals surface area contributed by atoms with Crippen molar-refractivity contribution in [3.8, 4) is 5.75 Å². The van der Waals surface area contributed by atoms with Crippen molar-refractivity contribution in [2.45, 2.75) is 12.6 Å². The molecular formula is C23H26F3N5O2. The molecule has 1 aromatic heterocycles. The molecule has 0 atom stereocenters. The highest BCUT2D eigenvalue weighted by molar-refractivity contribution is 5.94. The van der Waals surface area contributed by atoms with Gasteiger partial charge in [0.2, 0.25) is 11.7 Å². The molecule has 0 saturated carbocycles. The van der Waals surface area contributed by atoms with Crippen molar-refractivity contribution in [3.05, 3.63) is 53.9 Å². The van der Waals surface area contributed by atoms with Gasteiger partial charge in [0, 0.05) is 38.4 Å². The maximum Gasteiger partial charge on any atom is 0.449 e. The molecule has 2 heterocycles. The Morgan fingerprint density at radius 1 is 1.09 bits per heavy atom. The van der Waals surface area contributed by atoms with Gasteiger partial charge in [-0.2, -0.15) is 13.2 Å². The summed E-state index contributed by atoms with van der Waals surface area (Å²) in [7, 11) is 1.65. The SMILES string of the molecule is COc1ccc(CCN2CCN(CC(=O)Nc3ccc4nc(C(F)(F)F)[nH]c4c3)CC2)cc1. The molecule has 2 aromatic carbocycles. The highest BCUT2D eigenvalue weighted by atomic mass is 19.4. The number of nitrogens with one attached hydrogen (secondary N) is 2. The van der Waals surface area contributed by atoms with Gasteiger partial charge in [0.05, 0.1) is 24.7 Å². The minimum Gasteiger partial charge on any atom is -0.497 e. The van der Waals surface area contributed by atoms with Crippen molar-refractivity contribution >= 4 is 22.6 Å². The van der Waals surface area contributed by atoms with E-state index >= 15 is 0 Å². The molecule has 10 heteroatoms. The Bertz CT molecular complexity index is 1090. The van der Waals surface area contributed by atoms with Crippen LogP contribution in [-0.4, -0.2) is 72.1 Å². The standard InChI is InChI=1S/C23H26F3N5O2/c1-33-18-5-2-16(3-6-18)8-9-30-10-12-31(13-11-30)15-21(32)27-17-4-7-19-20(14-17)29-22(28-19)23(24,25)26/h2-7,14H,8-13,15H2,1H3,(H,27,32)(H,28,29). The number of H-pyrrole nitrogens is 1. The second-order valence-electron chi connectivity index (χ2n) is 8.08. The molecule has 1 amide bonds. The van der Waals surface area contributed by atoms with E-state index in [2.05, 4.69) is 37.2 Å². The van der Waals surface area contributed by atoms with Crippen LogP contribution in [0.15, 0.2) is 42.5 Å². The number of alkyl halides is 3. The first kappa shape index (κ1) is 23.1. The lowest BCUT2D eigenvalue weighted by atomic mass is 10.1. The van der Waals surface area contributed by atoms with Crippen molar-refractivity contribution in [2.24, 2.45) is 0 Å². The summed E-state index contributed by atoms with van der Waals surface area (Å²) in [5.41, 5.74) is 2.12. The number of fused-ring (bicyclic) bond motifs is 1. The van der Waals surface area contributed by atoms with Crippen LogP contribution in [0.2, 0.25) is 0 Å². The highest BCUT2D eigenvalue weighted by Gasteiger charge is 2.34. The number of anilines is 1. The van der Waals surface area contributed by atoms with Crippen molar-refractivity contribution in [3.63, 3.8) is 0 Å². The number of amides is 1. The summed E-state index contributed by atoms with van der Waals surface area (Å²) in [5, 5.41) is 2.76. The average molecular weight is 461 g/mol. The lowest BCUT2D eigenvalue weighted by Crippen LogP contribution is -2.49. The van der Waals surface area contributed by atoms with Crippen LogP contribution in [0.3, 0.4) is 0 Å². The first-order valence-corrected chi connectivity index (χ1v) is 10.7. The fraction of sp³-hybridized carbons (Fsp3) is 0.391. The number of carbonyl (C=O) groups is 1. The predicted octanol–water partition coefficient (Wildman–Crippen LogP) is 3.39. The quantitative estimate of drug-likeness (QED) is 0.564. The van der Waals surface area contributed by atoms with E-state index in [1.54, 1.807) is 13.2 Å². The van der Waals surface area contributed by atoms with Gasteiger partial charge in [-0.3, -0.25) is 9.69 Å². The fourth-order valence-corrected chi connectivity index (χ4v) is 3.88. The molecule has 1 aliphatic heterocycles. The molecule has 2 N–H and O–H groups in total. The number of halogens is 3. The Hall–Kier alpha value is -3.11. The first-order chi connectivity index (χ1) is 15.8. The number of hydrogen-bond acceptors (Lipinski definition) is 5. The summed E-state index contributed by atoms with van der Waals surface area (Å²) in [6, 6.07) is 12.5. The van der Waals surface area contributed by atoms with E-state index in [-0.39, 0.29) is 23.5 Å². The molecule has 3 aromatic rings. The molecule has 0 aliphatic carbocycles. The lowest BCUT2D eigenvalue weighted by molar-refractivity contribution is -0.144. The third-order valence-corrected chi connectivity index (χ3v) is 5.74. The molecule has 1 saturated heterocycles. The minimum atomic E-state index is -4.54. The molecule has 0 unspecified atom stereocenters. The van der Waals surface area contributed by atoms with E-state index in [1.807, 2.05) is 12.1 Å². The van der Waals surface area contributed by atoms with Crippen LogP contribution < -0.4 is 10.1 Å². The number of methoxy groups -OCH3 is 1. The van der Waals surface area contributed by atoms with Crippen LogP contribution in [0.5, 0.6) is 5.75 Å². The predicted molar refractivity (Wildman–Crippen MR) is 119 cm³/mol. The maximum atomic E-state index is 12.8. The maximum absolute atomic E-state index is 12.8. The van der Waals surface area contributed by atoms with Crippen LogP contribution >= 0.6 is 0 Å². The van der Waals surface area contributed by atoms with E-state index in [4.69, 9.17) is 4.74 Å². The summed E-state index contributed by atoms with van der Waals surface area (Å²) in [4.78, 5) is 22.7. The zero-order chi connectivity index (χ0) is 23.4. The largest absolute Gasteiger partial charge is 0.497 e. The monoisotopic (exact) mass is 461 g/mol. The Kier molecular flexibility index (Phi) is 6.85. The molecule has 176 valence electrons. The molecule has 0 radical (unpaired) electrons. The van der Waals surface area contributed by atoms with Gasteiger partial charge in [0.25, 0.3) is 0 Å². The van der Waals surface area contributed by atoms with Crippen molar-refractivity contribution < 1.29 is 22.7 Å². The normalized spacial score (nSPS) is 15.6. The number of rotatable bonds is 7. The smallest absolute Gasteiger partial charge is 0.449 e. The topological polar surface area (TPSA) is 73.5 Å². The zero-order valence-corrected chi connectivity index (χ0v) is 18.3. The lowest BCUT2D eigenvalue weighted by Gasteiger charge is -2.34. The van der Waals surface area contributed by atoms with Crippen LogP contribution in [-0.2, 0) is 17.4 Å². The van der Waals surface area contributed by atoms with E-state index in [0.29, 0.717) is 5.69 Å². The van der Waals surface area contributed by atoms with Crippen molar-refractivity contribution in [1.29, 1.82) is 0 Å². The summed E-state index contributed by atoms with van der Waals surface area (Å²) < 4.78 is 43.6. The van der Waals surface area contributed by atoms with E-state index in [1.165, 1.54) is 17.7 Å². The number of nitrogens with zero attached hydrogens (tertiary/aromatic N) is 3. The molecule has 1 aliphatic rings. The van der Waals surface area contributed by atoms with Crippen molar-refractivity contribution in [2.75, 3.05) is 51.7 Å². The van der Waals surface area contributed by atoms with Gasteiger partial charge in [-0.05, 0) is 42.3 Å². The van der Waals surface area contributed by atoms with Gasteiger partial charge in [0.15, 0.2) is 0 Å². The molecule has 0 spiro atoms. The number of piperazine rings is 1. The van der Waals surface area contributed by atoms with Crippen LogP contribution in [0.4, 0.5) is 18.9 Å². The number of hydrogen-bond donors (Lipinski definition) is 2. The summed E-state index contributed by atoms with van der Waals surface area (Å²) in [6.07, 6.45) is -3.59. The van der Waals surface area contributed by atoms with E-state index in [0.717, 1.165) is 44.9 Å². The van der Waals surface area contributed by atoms with Crippen LogP contribution in [0.1, 0.15) is 11.4 Å². The molecule has 33 heavy (non-hydrogen) atoms. The average Bonchev–Trinajstić information content (AvgIpc) is 3.23. The van der Waals surface area contributed by atoms with Crippen LogP contribution in [0, 0.1) is 0 Å². The van der Waals surface area contributed by atoms with Gasteiger partial charge in [-0.25, -0.2) is 4.98 Å². The van der Waals surface area contributed by atoms with Gasteiger partial charge >= 0.3 is 6.18 Å². The molecule has 4 rings (SSSR count). The number of benzene rings is 2. The summed E-state index contributed by atoms with van der Waals surface area (Å²) >= 11 is 0. The second kappa shape index (κ2) is 9.80. The Labute approximate surface area is 189 Å². The first-order valence-electron chi connectivity index (χ1n) is 10.7. The molecule has 7 nitrogen and oxygen atoms in total. The summed E-state index contributed by atoms with van der Waals surface area (Å²) in [6.45, 7) is 4.51. The van der Waals surface area contributed by atoms with Crippen LogP contribution in [0.25, 0.3) is 11.0 Å². The molecule has 0 bridgehead atoms. The number of ether oxygens (including phenoxy) is 1. The zero-order valence-electron chi connectivity index (χ0n) is 18.3. The molecular weight excluding hydrogens is 435 g/mol. The van der Waals surface area contributed by atoms with Gasteiger partial charge in [-0.1, -0.05) is 12.1 Å². The molecule has 1 fully saturated rings. The summed E-state index contributed by atoms with van der Waals surface area (Å²) in [5.74, 6) is -0.399.